The molecule has 2 atom stereocenters. The molecule has 0 saturated carbocycles. The molecule has 1 aliphatic heterocycles. The standard InChI is InChI=1S/C15H22N2O5/c1-9-8-17(14(20)21-15(2,3)4)6-5-10(9)11-7-12(13(18)19)22-16-11/h7,9-10H,5-6,8H2,1-4H3,(H,18,19). The molecular weight excluding hydrogens is 288 g/mol. The first kappa shape index (κ1) is 16.3. The Kier molecular flexibility index (Phi) is 4.44. The maximum Gasteiger partial charge on any atom is 0.410 e. The smallest absolute Gasteiger partial charge is 0.410 e. The van der Waals surface area contributed by atoms with Crippen molar-refractivity contribution in [2.45, 2.75) is 45.6 Å². The molecule has 0 radical (unpaired) electrons. The van der Waals surface area contributed by atoms with Gasteiger partial charge < -0.3 is 19.3 Å². The van der Waals surface area contributed by atoms with Crippen molar-refractivity contribution in [3.8, 4) is 0 Å². The summed E-state index contributed by atoms with van der Waals surface area (Å²) in [5.41, 5.74) is 0.119. The predicted octanol–water partition coefficient (Wildman–Crippen LogP) is 2.73. The SMILES string of the molecule is CC1CN(C(=O)OC(C)(C)C)CCC1c1cc(C(=O)O)on1. The van der Waals surface area contributed by atoms with E-state index in [0.717, 1.165) is 0 Å². The van der Waals surface area contributed by atoms with Gasteiger partial charge in [0.15, 0.2) is 0 Å². The van der Waals surface area contributed by atoms with Crippen molar-refractivity contribution in [1.82, 2.24) is 10.1 Å². The van der Waals surface area contributed by atoms with Crippen LogP contribution < -0.4 is 0 Å². The lowest BCUT2D eigenvalue weighted by Gasteiger charge is -2.36. The molecule has 2 heterocycles. The fourth-order valence-electron chi connectivity index (χ4n) is 2.64. The van der Waals surface area contributed by atoms with Gasteiger partial charge in [0.05, 0.1) is 5.69 Å². The van der Waals surface area contributed by atoms with E-state index in [2.05, 4.69) is 5.16 Å². The van der Waals surface area contributed by atoms with Gasteiger partial charge in [0.1, 0.15) is 5.60 Å². The molecule has 22 heavy (non-hydrogen) atoms. The van der Waals surface area contributed by atoms with Gasteiger partial charge in [-0.2, -0.15) is 0 Å². The maximum absolute atomic E-state index is 12.1. The molecule has 1 aromatic heterocycles. The number of carboxylic acid groups (broad SMARTS) is 1. The number of carboxylic acids is 1. The fourth-order valence-corrected chi connectivity index (χ4v) is 2.64. The normalized spacial score (nSPS) is 22.5. The Balaban J connectivity index is 2.00. The van der Waals surface area contributed by atoms with Gasteiger partial charge in [0.2, 0.25) is 5.76 Å². The number of ether oxygens (including phenoxy) is 1. The highest BCUT2D eigenvalue weighted by molar-refractivity contribution is 5.84. The number of aromatic carboxylic acids is 1. The van der Waals surface area contributed by atoms with Gasteiger partial charge in [-0.05, 0) is 33.1 Å². The van der Waals surface area contributed by atoms with Gasteiger partial charge in [0, 0.05) is 25.1 Å². The quantitative estimate of drug-likeness (QED) is 0.902. The van der Waals surface area contributed by atoms with Crippen LogP contribution in [-0.4, -0.2) is 45.9 Å². The topological polar surface area (TPSA) is 92.9 Å². The van der Waals surface area contributed by atoms with Crippen LogP contribution in [0.5, 0.6) is 0 Å². The molecule has 1 saturated heterocycles. The Morgan fingerprint density at radius 3 is 2.64 bits per heavy atom. The van der Waals surface area contributed by atoms with E-state index in [0.29, 0.717) is 25.2 Å². The van der Waals surface area contributed by atoms with Crippen LogP contribution in [0.3, 0.4) is 0 Å². The number of hydrogen-bond acceptors (Lipinski definition) is 5. The van der Waals surface area contributed by atoms with Crippen molar-refractivity contribution in [3.05, 3.63) is 17.5 Å². The summed E-state index contributed by atoms with van der Waals surface area (Å²) in [6.07, 6.45) is 0.385. The molecule has 2 unspecified atom stereocenters. The van der Waals surface area contributed by atoms with Crippen molar-refractivity contribution in [1.29, 1.82) is 0 Å². The molecule has 0 bridgehead atoms. The summed E-state index contributed by atoms with van der Waals surface area (Å²) in [5.74, 6) is -1.06. The Labute approximate surface area is 129 Å². The highest BCUT2D eigenvalue weighted by Crippen LogP contribution is 2.33. The number of carbonyl (C=O) groups is 2. The van der Waals surface area contributed by atoms with E-state index in [-0.39, 0.29) is 23.7 Å². The lowest BCUT2D eigenvalue weighted by molar-refractivity contribution is 0.0152. The minimum Gasteiger partial charge on any atom is -0.475 e. The van der Waals surface area contributed by atoms with E-state index < -0.39 is 11.6 Å². The molecule has 0 aliphatic carbocycles. The summed E-state index contributed by atoms with van der Waals surface area (Å²) in [6.45, 7) is 8.63. The van der Waals surface area contributed by atoms with Crippen LogP contribution in [-0.2, 0) is 4.74 Å². The van der Waals surface area contributed by atoms with Crippen LogP contribution in [0.25, 0.3) is 0 Å². The Bertz CT molecular complexity index is 561. The maximum atomic E-state index is 12.1. The first-order chi connectivity index (χ1) is 10.2. The third-order valence-corrected chi connectivity index (χ3v) is 3.68. The third kappa shape index (κ3) is 3.78. The summed E-state index contributed by atoms with van der Waals surface area (Å²) < 4.78 is 10.2. The molecule has 0 aromatic carbocycles. The summed E-state index contributed by atoms with van der Waals surface area (Å²) in [4.78, 5) is 24.6. The zero-order valence-corrected chi connectivity index (χ0v) is 13.3. The van der Waals surface area contributed by atoms with Crippen molar-refractivity contribution in [2.24, 2.45) is 5.92 Å². The molecule has 7 heteroatoms. The largest absolute Gasteiger partial charge is 0.475 e. The van der Waals surface area contributed by atoms with Crippen molar-refractivity contribution < 1.29 is 24.0 Å². The number of likely N-dealkylation sites (tertiary alicyclic amines) is 1. The summed E-state index contributed by atoms with van der Waals surface area (Å²) in [7, 11) is 0. The average Bonchev–Trinajstić information content (AvgIpc) is 2.86. The van der Waals surface area contributed by atoms with E-state index in [1.807, 2.05) is 27.7 Å². The van der Waals surface area contributed by atoms with Crippen LogP contribution in [0.15, 0.2) is 10.6 Å². The molecule has 1 aliphatic rings. The summed E-state index contributed by atoms with van der Waals surface area (Å²) in [6, 6.07) is 1.46. The van der Waals surface area contributed by atoms with Gasteiger partial charge in [-0.25, -0.2) is 9.59 Å². The Morgan fingerprint density at radius 1 is 1.45 bits per heavy atom. The number of amides is 1. The lowest BCUT2D eigenvalue weighted by Crippen LogP contribution is -2.44. The number of aromatic nitrogens is 1. The highest BCUT2D eigenvalue weighted by atomic mass is 16.6. The van der Waals surface area contributed by atoms with Gasteiger partial charge in [-0.15, -0.1) is 0 Å². The number of nitrogens with zero attached hydrogens (tertiary/aromatic N) is 2. The van der Waals surface area contributed by atoms with Gasteiger partial charge >= 0.3 is 12.1 Å². The van der Waals surface area contributed by atoms with Gasteiger partial charge in [-0.3, -0.25) is 0 Å². The van der Waals surface area contributed by atoms with Crippen molar-refractivity contribution >= 4 is 12.1 Å². The van der Waals surface area contributed by atoms with Gasteiger partial charge in [-0.1, -0.05) is 12.1 Å². The summed E-state index contributed by atoms with van der Waals surface area (Å²) >= 11 is 0. The number of hydrogen-bond donors (Lipinski definition) is 1. The molecular formula is C15H22N2O5. The fraction of sp³-hybridized carbons (Fsp3) is 0.667. The number of carbonyl (C=O) groups excluding carboxylic acids is 1. The average molecular weight is 310 g/mol. The molecule has 1 amide bonds. The second-order valence-electron chi connectivity index (χ2n) is 6.72. The lowest BCUT2D eigenvalue weighted by atomic mass is 9.84. The number of piperidine rings is 1. The molecule has 7 nitrogen and oxygen atoms in total. The molecule has 122 valence electrons. The van der Waals surface area contributed by atoms with Crippen molar-refractivity contribution in [3.63, 3.8) is 0 Å². The van der Waals surface area contributed by atoms with E-state index in [1.54, 1.807) is 4.90 Å². The summed E-state index contributed by atoms with van der Waals surface area (Å²) in [5, 5.41) is 12.7. The Morgan fingerprint density at radius 2 is 2.14 bits per heavy atom. The van der Waals surface area contributed by atoms with Crippen LogP contribution in [0.4, 0.5) is 4.79 Å². The third-order valence-electron chi connectivity index (χ3n) is 3.68. The number of rotatable bonds is 2. The minimum atomic E-state index is -1.13. The second-order valence-corrected chi connectivity index (χ2v) is 6.72. The van der Waals surface area contributed by atoms with Crippen LogP contribution in [0, 0.1) is 5.92 Å². The van der Waals surface area contributed by atoms with E-state index in [4.69, 9.17) is 14.4 Å². The first-order valence-corrected chi connectivity index (χ1v) is 7.35. The molecule has 2 rings (SSSR count). The van der Waals surface area contributed by atoms with Crippen LogP contribution >= 0.6 is 0 Å². The molecule has 0 spiro atoms. The highest BCUT2D eigenvalue weighted by Gasteiger charge is 2.33. The van der Waals surface area contributed by atoms with Crippen molar-refractivity contribution in [2.75, 3.05) is 13.1 Å². The zero-order valence-electron chi connectivity index (χ0n) is 13.3. The first-order valence-electron chi connectivity index (χ1n) is 7.35. The van der Waals surface area contributed by atoms with E-state index >= 15 is 0 Å². The monoisotopic (exact) mass is 310 g/mol. The predicted molar refractivity (Wildman–Crippen MR) is 77.8 cm³/mol. The minimum absolute atomic E-state index is 0.0792. The van der Waals surface area contributed by atoms with Crippen LogP contribution in [0.2, 0.25) is 0 Å². The molecule has 1 aromatic rings. The Hall–Kier alpha value is -2.05. The zero-order chi connectivity index (χ0) is 16.5. The van der Waals surface area contributed by atoms with E-state index in [1.165, 1.54) is 6.07 Å². The van der Waals surface area contributed by atoms with Crippen LogP contribution in [0.1, 0.15) is 56.3 Å². The molecule has 1 N–H and O–H groups in total. The molecule has 1 fully saturated rings. The van der Waals surface area contributed by atoms with Gasteiger partial charge in [0.25, 0.3) is 0 Å². The second kappa shape index (κ2) is 5.98. The van der Waals surface area contributed by atoms with E-state index in [9.17, 15) is 9.59 Å².